The molecule has 2 amide bonds. The number of benzene rings is 2. The summed E-state index contributed by atoms with van der Waals surface area (Å²) in [5, 5.41) is 6.08. The van der Waals surface area contributed by atoms with Gasteiger partial charge in [0.25, 0.3) is 0 Å². The summed E-state index contributed by atoms with van der Waals surface area (Å²) in [6.07, 6.45) is 4.07. The summed E-state index contributed by atoms with van der Waals surface area (Å²) in [4.78, 5) is 12.5. The minimum absolute atomic E-state index is 0.00444. The molecular weight excluding hydrogens is 312 g/mol. The number of hydrogen-bond donors (Lipinski definition) is 2. The van der Waals surface area contributed by atoms with Crippen molar-refractivity contribution in [1.82, 2.24) is 10.6 Å². The molecule has 0 saturated carbocycles. The van der Waals surface area contributed by atoms with Crippen LogP contribution in [0.2, 0.25) is 0 Å². The van der Waals surface area contributed by atoms with E-state index in [0.29, 0.717) is 0 Å². The zero-order valence-electron chi connectivity index (χ0n) is 14.2. The maximum Gasteiger partial charge on any atom is 0.315 e. The van der Waals surface area contributed by atoms with Gasteiger partial charge in [0.15, 0.2) is 0 Å². The second-order valence-corrected chi connectivity index (χ2v) is 6.11. The quantitative estimate of drug-likeness (QED) is 0.706. The van der Waals surface area contributed by atoms with E-state index in [0.717, 1.165) is 23.1 Å². The Morgan fingerprint density at radius 1 is 0.920 bits per heavy atom. The molecule has 1 atom stereocenters. The van der Waals surface area contributed by atoms with E-state index in [2.05, 4.69) is 10.6 Å². The lowest BCUT2D eigenvalue weighted by Gasteiger charge is -2.22. The first-order chi connectivity index (χ1) is 12.2. The lowest BCUT2D eigenvalue weighted by Crippen LogP contribution is -2.43. The Morgan fingerprint density at radius 2 is 1.52 bits per heavy atom. The summed E-state index contributed by atoms with van der Waals surface area (Å²) < 4.78 is 5.07. The van der Waals surface area contributed by atoms with Gasteiger partial charge in [-0.15, -0.1) is 0 Å². The molecule has 0 spiro atoms. The van der Waals surface area contributed by atoms with Gasteiger partial charge in [-0.2, -0.15) is 0 Å². The maximum absolute atomic E-state index is 12.5. The highest BCUT2D eigenvalue weighted by molar-refractivity contribution is 5.75. The average Bonchev–Trinajstić information content (AvgIpc) is 3.14. The molecule has 2 aromatic carbocycles. The predicted octanol–water partition coefficient (Wildman–Crippen LogP) is 4.30. The molecule has 0 radical (unpaired) electrons. The number of furan rings is 1. The van der Waals surface area contributed by atoms with Crippen LogP contribution >= 0.6 is 0 Å². The highest BCUT2D eigenvalue weighted by atomic mass is 16.3. The van der Waals surface area contributed by atoms with Crippen LogP contribution in [0, 0.1) is 0 Å². The molecule has 0 bridgehead atoms. The SMILES string of the molecule is CC(Cc1ccoc1)NC(=O)NC(c1ccccc1)c1ccccc1. The first-order valence-corrected chi connectivity index (χ1v) is 8.40. The van der Waals surface area contributed by atoms with Crippen molar-refractivity contribution in [2.45, 2.75) is 25.4 Å². The normalized spacial score (nSPS) is 11.9. The van der Waals surface area contributed by atoms with Crippen LogP contribution in [0.25, 0.3) is 0 Å². The summed E-state index contributed by atoms with van der Waals surface area (Å²) in [5.41, 5.74) is 3.16. The summed E-state index contributed by atoms with van der Waals surface area (Å²) in [6, 6.07) is 21.5. The number of carbonyl (C=O) groups excluding carboxylic acids is 1. The summed E-state index contributed by atoms with van der Waals surface area (Å²) >= 11 is 0. The summed E-state index contributed by atoms with van der Waals surface area (Å²) in [6.45, 7) is 1.98. The van der Waals surface area contributed by atoms with Crippen molar-refractivity contribution in [2.24, 2.45) is 0 Å². The van der Waals surface area contributed by atoms with Gasteiger partial charge in [-0.25, -0.2) is 4.79 Å². The van der Waals surface area contributed by atoms with Crippen LogP contribution in [0.15, 0.2) is 83.7 Å². The van der Waals surface area contributed by atoms with Crippen molar-refractivity contribution in [2.75, 3.05) is 0 Å². The minimum Gasteiger partial charge on any atom is -0.472 e. The first kappa shape index (κ1) is 16.8. The van der Waals surface area contributed by atoms with Gasteiger partial charge >= 0.3 is 6.03 Å². The molecule has 1 unspecified atom stereocenters. The Balaban J connectivity index is 1.68. The van der Waals surface area contributed by atoms with Gasteiger partial charge in [0.05, 0.1) is 18.6 Å². The van der Waals surface area contributed by atoms with Crippen molar-refractivity contribution in [3.05, 3.63) is 95.9 Å². The number of rotatable bonds is 6. The maximum atomic E-state index is 12.5. The number of nitrogens with one attached hydrogen (secondary N) is 2. The second-order valence-electron chi connectivity index (χ2n) is 6.11. The summed E-state index contributed by atoms with van der Waals surface area (Å²) in [5.74, 6) is 0. The third kappa shape index (κ3) is 4.73. The van der Waals surface area contributed by atoms with Crippen LogP contribution in [0.5, 0.6) is 0 Å². The van der Waals surface area contributed by atoms with E-state index in [9.17, 15) is 4.79 Å². The van der Waals surface area contributed by atoms with E-state index in [-0.39, 0.29) is 18.1 Å². The zero-order chi connectivity index (χ0) is 17.5. The van der Waals surface area contributed by atoms with Crippen molar-refractivity contribution >= 4 is 6.03 Å². The van der Waals surface area contributed by atoms with Gasteiger partial charge in [-0.05, 0) is 36.1 Å². The molecule has 128 valence electrons. The van der Waals surface area contributed by atoms with Crippen molar-refractivity contribution in [3.8, 4) is 0 Å². The Morgan fingerprint density at radius 3 is 2.04 bits per heavy atom. The van der Waals surface area contributed by atoms with E-state index < -0.39 is 0 Å². The fourth-order valence-corrected chi connectivity index (χ4v) is 2.86. The Hall–Kier alpha value is -3.01. The monoisotopic (exact) mass is 334 g/mol. The van der Waals surface area contributed by atoms with Gasteiger partial charge in [-0.1, -0.05) is 60.7 Å². The van der Waals surface area contributed by atoms with Crippen molar-refractivity contribution in [1.29, 1.82) is 0 Å². The highest BCUT2D eigenvalue weighted by Gasteiger charge is 2.17. The smallest absolute Gasteiger partial charge is 0.315 e. The third-order valence-corrected chi connectivity index (χ3v) is 4.04. The molecule has 0 aliphatic heterocycles. The second kappa shape index (κ2) is 8.20. The highest BCUT2D eigenvalue weighted by Crippen LogP contribution is 2.21. The molecule has 4 heteroatoms. The number of urea groups is 1. The molecule has 4 nitrogen and oxygen atoms in total. The van der Waals surface area contributed by atoms with E-state index in [1.165, 1.54) is 0 Å². The molecule has 1 heterocycles. The summed E-state index contributed by atoms with van der Waals surface area (Å²) in [7, 11) is 0. The van der Waals surface area contributed by atoms with E-state index in [4.69, 9.17) is 4.42 Å². The van der Waals surface area contributed by atoms with Gasteiger partial charge in [0.2, 0.25) is 0 Å². The molecule has 0 aliphatic rings. The van der Waals surface area contributed by atoms with Gasteiger partial charge < -0.3 is 15.1 Å². The predicted molar refractivity (Wildman–Crippen MR) is 98.3 cm³/mol. The number of hydrogen-bond acceptors (Lipinski definition) is 2. The van der Waals surface area contributed by atoms with Crippen molar-refractivity contribution in [3.63, 3.8) is 0 Å². The first-order valence-electron chi connectivity index (χ1n) is 8.40. The van der Waals surface area contributed by atoms with Crippen LogP contribution in [-0.4, -0.2) is 12.1 Å². The van der Waals surface area contributed by atoms with Crippen LogP contribution in [0.4, 0.5) is 4.79 Å². The van der Waals surface area contributed by atoms with Gasteiger partial charge in [0.1, 0.15) is 0 Å². The zero-order valence-corrected chi connectivity index (χ0v) is 14.2. The molecule has 3 aromatic rings. The van der Waals surface area contributed by atoms with E-state index in [1.807, 2.05) is 73.7 Å². The van der Waals surface area contributed by atoms with Crippen LogP contribution < -0.4 is 10.6 Å². The van der Waals surface area contributed by atoms with E-state index in [1.54, 1.807) is 12.5 Å². The Kier molecular flexibility index (Phi) is 5.52. The Labute approximate surface area is 147 Å². The molecule has 25 heavy (non-hydrogen) atoms. The van der Waals surface area contributed by atoms with E-state index >= 15 is 0 Å². The van der Waals surface area contributed by atoms with Gasteiger partial charge in [0, 0.05) is 6.04 Å². The largest absolute Gasteiger partial charge is 0.472 e. The molecule has 0 fully saturated rings. The standard InChI is InChI=1S/C21H22N2O2/c1-16(14-17-12-13-25-15-17)22-21(24)23-20(18-8-4-2-5-9-18)19-10-6-3-7-11-19/h2-13,15-16,20H,14H2,1H3,(H2,22,23,24). The van der Waals surface area contributed by atoms with Crippen LogP contribution in [0.1, 0.15) is 29.7 Å². The fourth-order valence-electron chi connectivity index (χ4n) is 2.86. The molecule has 0 aliphatic carbocycles. The average molecular weight is 334 g/mol. The van der Waals surface area contributed by atoms with Crippen LogP contribution in [-0.2, 0) is 6.42 Å². The topological polar surface area (TPSA) is 54.3 Å². The molecular formula is C21H22N2O2. The lowest BCUT2D eigenvalue weighted by atomic mass is 9.99. The molecule has 2 N–H and O–H groups in total. The van der Waals surface area contributed by atoms with Crippen LogP contribution in [0.3, 0.4) is 0 Å². The third-order valence-electron chi connectivity index (χ3n) is 4.04. The molecule has 0 saturated heterocycles. The van der Waals surface area contributed by atoms with Gasteiger partial charge in [-0.3, -0.25) is 0 Å². The molecule has 1 aromatic heterocycles. The number of carbonyl (C=O) groups is 1. The fraction of sp³-hybridized carbons (Fsp3) is 0.190. The number of amides is 2. The van der Waals surface area contributed by atoms with Crippen molar-refractivity contribution < 1.29 is 9.21 Å². The Bertz CT molecular complexity index is 731. The lowest BCUT2D eigenvalue weighted by molar-refractivity contribution is 0.235. The minimum atomic E-state index is -0.191. The molecule has 3 rings (SSSR count).